The normalized spacial score (nSPS) is 30.8. The molecule has 6 heterocycles. The molecule has 0 spiro atoms. The Labute approximate surface area is 215 Å². The molecule has 3 unspecified atom stereocenters. The molecular formula is C30H40N4O2. The van der Waals surface area contributed by atoms with E-state index < -0.39 is 0 Å². The summed E-state index contributed by atoms with van der Waals surface area (Å²) in [5.74, 6) is 0. The van der Waals surface area contributed by atoms with Crippen LogP contribution in [0.5, 0.6) is 0 Å². The maximum absolute atomic E-state index is 6.15. The van der Waals surface area contributed by atoms with E-state index in [0.717, 1.165) is 98.4 Å². The summed E-state index contributed by atoms with van der Waals surface area (Å²) in [6.45, 7) is 15.2. The fraction of sp³-hybridized carbons (Fsp3) is 0.533. The van der Waals surface area contributed by atoms with Gasteiger partial charge in [0.2, 0.25) is 0 Å². The summed E-state index contributed by atoms with van der Waals surface area (Å²) in [6.07, 6.45) is 0. The average Bonchev–Trinajstić information content (AvgIpc) is 2.92. The van der Waals surface area contributed by atoms with Crippen molar-refractivity contribution in [1.29, 1.82) is 0 Å². The lowest BCUT2D eigenvalue weighted by molar-refractivity contribution is 0.00934. The van der Waals surface area contributed by atoms with E-state index in [0.29, 0.717) is 6.04 Å². The quantitative estimate of drug-likeness (QED) is 0.489. The van der Waals surface area contributed by atoms with E-state index >= 15 is 0 Å². The summed E-state index contributed by atoms with van der Waals surface area (Å²) in [5, 5.41) is 5.26. The number of benzene rings is 3. The molecular weight excluding hydrogens is 448 g/mol. The van der Waals surface area contributed by atoms with Crippen LogP contribution < -0.4 is 0 Å². The Kier molecular flexibility index (Phi) is 7.79. The molecule has 9 rings (SSSR count). The molecule has 4 bridgehead atoms. The highest BCUT2D eigenvalue weighted by atomic mass is 16.5. The van der Waals surface area contributed by atoms with Gasteiger partial charge in [-0.1, -0.05) is 36.4 Å². The van der Waals surface area contributed by atoms with Gasteiger partial charge in [-0.2, -0.15) is 0 Å². The zero-order valence-corrected chi connectivity index (χ0v) is 21.5. The second kappa shape index (κ2) is 11.5. The first-order valence-corrected chi connectivity index (χ1v) is 13.8. The third-order valence-electron chi connectivity index (χ3n) is 8.33. The standard InChI is InChI=1S/C30H40N4O2/c1-2-4-26-22-29-23-28(6-5-27(29)21-25(26)3-1)30-24-33-11-12-34(30)16-20-36-18-14-32-9-7-31(8-10-32)13-17-35-19-15-33/h1-6,21-23,30H,7-20,24H2. The minimum Gasteiger partial charge on any atom is -0.379 e. The van der Waals surface area contributed by atoms with Crippen LogP contribution in [-0.2, 0) is 9.47 Å². The Hall–Kier alpha value is -2.06. The van der Waals surface area contributed by atoms with Gasteiger partial charge in [-0.05, 0) is 45.3 Å². The third-order valence-corrected chi connectivity index (χ3v) is 8.33. The molecule has 0 saturated carbocycles. The molecule has 6 saturated heterocycles. The van der Waals surface area contributed by atoms with E-state index in [1.165, 1.54) is 27.1 Å². The molecule has 6 heteroatoms. The van der Waals surface area contributed by atoms with Crippen molar-refractivity contribution >= 4 is 21.5 Å². The topological polar surface area (TPSA) is 31.4 Å². The predicted octanol–water partition coefficient (Wildman–Crippen LogP) is 3.32. The van der Waals surface area contributed by atoms with Crippen LogP contribution in [-0.4, -0.2) is 118 Å². The lowest BCUT2D eigenvalue weighted by Crippen LogP contribution is -2.50. The smallest absolute Gasteiger partial charge is 0.0594 e. The van der Waals surface area contributed by atoms with Crippen molar-refractivity contribution < 1.29 is 9.47 Å². The summed E-state index contributed by atoms with van der Waals surface area (Å²) in [5.41, 5.74) is 1.41. The number of piperazine rings is 2. The fourth-order valence-corrected chi connectivity index (χ4v) is 6.03. The molecule has 6 aliphatic rings. The van der Waals surface area contributed by atoms with Crippen molar-refractivity contribution in [3.63, 3.8) is 0 Å². The van der Waals surface area contributed by atoms with Gasteiger partial charge in [0.05, 0.1) is 26.4 Å². The van der Waals surface area contributed by atoms with Gasteiger partial charge in [0.1, 0.15) is 0 Å². The Morgan fingerprint density at radius 2 is 1.06 bits per heavy atom. The molecule has 6 aliphatic heterocycles. The molecule has 3 atom stereocenters. The van der Waals surface area contributed by atoms with Crippen LogP contribution >= 0.6 is 0 Å². The zero-order valence-electron chi connectivity index (χ0n) is 21.5. The van der Waals surface area contributed by atoms with Crippen LogP contribution in [0, 0.1) is 0 Å². The van der Waals surface area contributed by atoms with Gasteiger partial charge in [-0.15, -0.1) is 0 Å². The molecule has 0 aliphatic carbocycles. The second-order valence-electron chi connectivity index (χ2n) is 10.6. The number of ether oxygens (including phenoxy) is 2. The van der Waals surface area contributed by atoms with Crippen LogP contribution in [0.2, 0.25) is 0 Å². The molecule has 36 heavy (non-hydrogen) atoms. The highest BCUT2D eigenvalue weighted by Gasteiger charge is 2.28. The fourth-order valence-electron chi connectivity index (χ4n) is 6.03. The van der Waals surface area contributed by atoms with Crippen molar-refractivity contribution in [1.82, 2.24) is 19.6 Å². The predicted molar refractivity (Wildman–Crippen MR) is 147 cm³/mol. The van der Waals surface area contributed by atoms with Crippen LogP contribution in [0.25, 0.3) is 21.5 Å². The molecule has 6 nitrogen and oxygen atoms in total. The Balaban J connectivity index is 1.20. The maximum atomic E-state index is 6.15. The summed E-state index contributed by atoms with van der Waals surface area (Å²) in [4.78, 5) is 10.3. The van der Waals surface area contributed by atoms with E-state index in [1.807, 2.05) is 0 Å². The van der Waals surface area contributed by atoms with Crippen molar-refractivity contribution in [3.8, 4) is 0 Å². The molecule has 0 N–H and O–H groups in total. The molecule has 192 valence electrons. The van der Waals surface area contributed by atoms with Gasteiger partial charge in [0.15, 0.2) is 0 Å². The number of nitrogens with zero attached hydrogens (tertiary/aromatic N) is 4. The van der Waals surface area contributed by atoms with Crippen molar-refractivity contribution in [2.75, 3.05) is 98.4 Å². The van der Waals surface area contributed by atoms with Crippen molar-refractivity contribution in [2.45, 2.75) is 6.04 Å². The first kappa shape index (κ1) is 24.3. The summed E-state index contributed by atoms with van der Waals surface area (Å²) in [7, 11) is 0. The SMILES string of the molecule is c1ccc2cc3cc(C4CN5CCOCCN6CCN(CCOCCN4CC5)CC6)ccc3cc2c1. The minimum atomic E-state index is 0.378. The van der Waals surface area contributed by atoms with Gasteiger partial charge in [-0.3, -0.25) is 19.6 Å². The highest BCUT2D eigenvalue weighted by Crippen LogP contribution is 2.30. The van der Waals surface area contributed by atoms with Crippen molar-refractivity contribution in [3.05, 3.63) is 60.2 Å². The lowest BCUT2D eigenvalue weighted by atomic mass is 9.96. The summed E-state index contributed by atoms with van der Waals surface area (Å²) < 4.78 is 12.2. The molecule has 0 radical (unpaired) electrons. The van der Waals surface area contributed by atoms with Gasteiger partial charge >= 0.3 is 0 Å². The zero-order chi connectivity index (χ0) is 24.2. The minimum absolute atomic E-state index is 0.378. The largest absolute Gasteiger partial charge is 0.379 e. The van der Waals surface area contributed by atoms with Crippen LogP contribution in [0.1, 0.15) is 11.6 Å². The molecule has 0 amide bonds. The number of fused-ring (bicyclic) bond motifs is 2. The third kappa shape index (κ3) is 5.75. The van der Waals surface area contributed by atoms with Crippen LogP contribution in [0.15, 0.2) is 54.6 Å². The summed E-state index contributed by atoms with van der Waals surface area (Å²) >= 11 is 0. The molecule has 0 aromatic heterocycles. The monoisotopic (exact) mass is 488 g/mol. The Morgan fingerprint density at radius 3 is 1.75 bits per heavy atom. The van der Waals surface area contributed by atoms with E-state index in [9.17, 15) is 0 Å². The number of hydrogen-bond acceptors (Lipinski definition) is 6. The molecule has 3 aromatic rings. The number of rotatable bonds is 1. The van der Waals surface area contributed by atoms with Gasteiger partial charge in [0, 0.05) is 78.0 Å². The highest BCUT2D eigenvalue weighted by molar-refractivity contribution is 5.98. The van der Waals surface area contributed by atoms with E-state index in [4.69, 9.17) is 9.47 Å². The van der Waals surface area contributed by atoms with Gasteiger partial charge in [0.25, 0.3) is 0 Å². The number of hydrogen-bond donors (Lipinski definition) is 0. The second-order valence-corrected chi connectivity index (χ2v) is 10.6. The first-order chi connectivity index (χ1) is 17.8. The first-order valence-electron chi connectivity index (χ1n) is 13.8. The summed E-state index contributed by atoms with van der Waals surface area (Å²) in [6, 6.07) is 20.8. The van der Waals surface area contributed by atoms with Crippen LogP contribution in [0.3, 0.4) is 0 Å². The van der Waals surface area contributed by atoms with Gasteiger partial charge < -0.3 is 9.47 Å². The van der Waals surface area contributed by atoms with Crippen LogP contribution in [0.4, 0.5) is 0 Å². The maximum Gasteiger partial charge on any atom is 0.0594 e. The average molecular weight is 489 g/mol. The van der Waals surface area contributed by atoms with E-state index in [1.54, 1.807) is 0 Å². The lowest BCUT2D eigenvalue weighted by Gasteiger charge is -2.42. The molecule has 6 fully saturated rings. The molecule has 3 aromatic carbocycles. The van der Waals surface area contributed by atoms with Crippen molar-refractivity contribution in [2.24, 2.45) is 0 Å². The van der Waals surface area contributed by atoms with Gasteiger partial charge in [-0.25, -0.2) is 0 Å². The Bertz CT molecular complexity index is 1150. The van der Waals surface area contributed by atoms with E-state index in [-0.39, 0.29) is 0 Å². The Morgan fingerprint density at radius 1 is 0.500 bits per heavy atom. The van der Waals surface area contributed by atoms with E-state index in [2.05, 4.69) is 74.2 Å².